The summed E-state index contributed by atoms with van der Waals surface area (Å²) in [5.41, 5.74) is 0. The molecule has 0 N–H and O–H groups in total. The van der Waals surface area contributed by atoms with Crippen molar-refractivity contribution in [3.63, 3.8) is 0 Å². The molecule has 6 heteroatoms. The normalized spacial score (nSPS) is 44.4. The van der Waals surface area contributed by atoms with Crippen LogP contribution in [0, 0.1) is 35.5 Å². The zero-order valence-electron chi connectivity index (χ0n) is 12.2. The van der Waals surface area contributed by atoms with Gasteiger partial charge < -0.3 is 9.47 Å². The van der Waals surface area contributed by atoms with Crippen LogP contribution in [0.25, 0.3) is 0 Å². The Labute approximate surface area is 127 Å². The third-order valence-electron chi connectivity index (χ3n) is 5.89. The molecule has 4 bridgehead atoms. The first-order valence-corrected chi connectivity index (χ1v) is 8.02. The van der Waals surface area contributed by atoms with Gasteiger partial charge in [0.1, 0.15) is 0 Å². The van der Waals surface area contributed by atoms with Crippen LogP contribution in [-0.2, 0) is 28.7 Å². The van der Waals surface area contributed by atoms with E-state index in [1.165, 1.54) is 0 Å². The maximum Gasteiger partial charge on any atom is 0.316 e. The van der Waals surface area contributed by atoms with Crippen LogP contribution in [0.15, 0.2) is 0 Å². The number of rotatable bonds is 0. The second kappa shape index (κ2) is 4.89. The average molecular weight is 306 g/mol. The summed E-state index contributed by atoms with van der Waals surface area (Å²) in [5, 5.41) is 0. The fourth-order valence-electron chi connectivity index (χ4n) is 4.80. The van der Waals surface area contributed by atoms with E-state index in [1.54, 1.807) is 0 Å². The van der Waals surface area contributed by atoms with Gasteiger partial charge in [0.25, 0.3) is 0 Å². The molecule has 22 heavy (non-hydrogen) atoms. The van der Waals surface area contributed by atoms with E-state index in [9.17, 15) is 19.2 Å². The van der Waals surface area contributed by atoms with E-state index in [1.807, 2.05) is 0 Å². The maximum absolute atomic E-state index is 11.9. The van der Waals surface area contributed by atoms with Gasteiger partial charge in [0, 0.05) is 0 Å². The van der Waals surface area contributed by atoms with Crippen molar-refractivity contribution in [1.82, 2.24) is 0 Å². The maximum atomic E-state index is 11.9. The molecule has 2 saturated carbocycles. The van der Waals surface area contributed by atoms with Crippen LogP contribution in [0.2, 0.25) is 0 Å². The fraction of sp³-hybridized carbons (Fsp3) is 0.750. The quantitative estimate of drug-likeness (QED) is 0.494. The molecule has 2 heterocycles. The molecule has 2 saturated heterocycles. The molecule has 4 unspecified atom stereocenters. The van der Waals surface area contributed by atoms with Gasteiger partial charge in [-0.25, -0.2) is 0 Å². The second-order valence-corrected chi connectivity index (χ2v) is 7.20. The van der Waals surface area contributed by atoms with E-state index in [2.05, 4.69) is 0 Å². The summed E-state index contributed by atoms with van der Waals surface area (Å²) < 4.78 is 9.74. The number of ether oxygens (including phenoxy) is 2. The highest BCUT2D eigenvalue weighted by Crippen LogP contribution is 2.48. The summed E-state index contributed by atoms with van der Waals surface area (Å²) in [6, 6.07) is 0. The lowest BCUT2D eigenvalue weighted by molar-refractivity contribution is -0.172. The first kappa shape index (κ1) is 13.9. The van der Waals surface area contributed by atoms with Gasteiger partial charge in [-0.2, -0.15) is 0 Å². The lowest BCUT2D eigenvalue weighted by Gasteiger charge is -2.26. The largest absolute Gasteiger partial charge is 0.393 e. The first-order chi connectivity index (χ1) is 10.5. The van der Waals surface area contributed by atoms with Crippen molar-refractivity contribution < 1.29 is 28.7 Å². The Balaban J connectivity index is 1.64. The Morgan fingerprint density at radius 3 is 1.05 bits per heavy atom. The van der Waals surface area contributed by atoms with Crippen molar-refractivity contribution in [2.24, 2.45) is 35.5 Å². The Morgan fingerprint density at radius 2 is 0.773 bits per heavy atom. The predicted molar refractivity (Wildman–Crippen MR) is 70.8 cm³/mol. The second-order valence-electron chi connectivity index (χ2n) is 7.20. The van der Waals surface area contributed by atoms with Gasteiger partial charge in [0.2, 0.25) is 0 Å². The molecule has 0 amide bonds. The topological polar surface area (TPSA) is 86.7 Å². The summed E-state index contributed by atoms with van der Waals surface area (Å²) in [6.45, 7) is 0. The SMILES string of the molecule is O=C1OC(=O)C2CC1CC1CC3CC(CC1C2)C(=O)OC3=O. The molecule has 6 nitrogen and oxygen atoms in total. The molecule has 4 rings (SSSR count). The summed E-state index contributed by atoms with van der Waals surface area (Å²) in [7, 11) is 0. The third-order valence-corrected chi connectivity index (χ3v) is 5.89. The summed E-state index contributed by atoms with van der Waals surface area (Å²) in [6.07, 6.45) is 3.71. The van der Waals surface area contributed by atoms with Crippen molar-refractivity contribution in [3.05, 3.63) is 0 Å². The summed E-state index contributed by atoms with van der Waals surface area (Å²) in [4.78, 5) is 47.5. The monoisotopic (exact) mass is 306 g/mol. The van der Waals surface area contributed by atoms with Crippen molar-refractivity contribution in [2.75, 3.05) is 0 Å². The molecular formula is C16H18O6. The molecule has 4 atom stereocenters. The van der Waals surface area contributed by atoms with Crippen molar-refractivity contribution in [2.45, 2.75) is 38.5 Å². The van der Waals surface area contributed by atoms with E-state index in [0.29, 0.717) is 38.5 Å². The van der Waals surface area contributed by atoms with Gasteiger partial charge in [-0.1, -0.05) is 0 Å². The highest BCUT2D eigenvalue weighted by atomic mass is 16.6. The van der Waals surface area contributed by atoms with Gasteiger partial charge in [-0.05, 0) is 50.4 Å². The molecule has 2 aliphatic heterocycles. The van der Waals surface area contributed by atoms with Crippen LogP contribution >= 0.6 is 0 Å². The predicted octanol–water partition coefficient (Wildman–Crippen LogP) is 1.22. The van der Waals surface area contributed by atoms with Crippen molar-refractivity contribution >= 4 is 23.9 Å². The summed E-state index contributed by atoms with van der Waals surface area (Å²) in [5.74, 6) is -2.32. The number of hydrogen-bond acceptors (Lipinski definition) is 6. The molecule has 0 radical (unpaired) electrons. The van der Waals surface area contributed by atoms with Crippen LogP contribution in [-0.4, -0.2) is 23.9 Å². The fourth-order valence-corrected chi connectivity index (χ4v) is 4.80. The minimum Gasteiger partial charge on any atom is -0.393 e. The Morgan fingerprint density at radius 1 is 0.500 bits per heavy atom. The van der Waals surface area contributed by atoms with E-state index in [4.69, 9.17) is 9.47 Å². The molecule has 118 valence electrons. The molecule has 0 aromatic rings. The molecule has 0 spiro atoms. The molecule has 0 aromatic heterocycles. The molecule has 4 aliphatic rings. The minimum atomic E-state index is -0.423. The Hall–Kier alpha value is -1.72. The summed E-state index contributed by atoms with van der Waals surface area (Å²) >= 11 is 0. The van der Waals surface area contributed by atoms with E-state index < -0.39 is 23.9 Å². The number of hydrogen-bond donors (Lipinski definition) is 0. The number of carbonyl (C=O) groups is 4. The zero-order valence-corrected chi connectivity index (χ0v) is 12.2. The van der Waals surface area contributed by atoms with E-state index >= 15 is 0 Å². The van der Waals surface area contributed by atoms with Gasteiger partial charge in [0.05, 0.1) is 23.7 Å². The third kappa shape index (κ3) is 2.16. The van der Waals surface area contributed by atoms with Crippen molar-refractivity contribution in [3.8, 4) is 0 Å². The Kier molecular flexibility index (Phi) is 3.09. The minimum absolute atomic E-state index is 0.182. The highest BCUT2D eigenvalue weighted by Gasteiger charge is 2.49. The van der Waals surface area contributed by atoms with Gasteiger partial charge in [-0.15, -0.1) is 0 Å². The van der Waals surface area contributed by atoms with Crippen LogP contribution < -0.4 is 0 Å². The molecule has 2 aliphatic carbocycles. The van der Waals surface area contributed by atoms with Crippen LogP contribution in [0.5, 0.6) is 0 Å². The van der Waals surface area contributed by atoms with Gasteiger partial charge in [-0.3, -0.25) is 19.2 Å². The standard InChI is InChI=1S/C16H18O6/c17-13-9-1-7-2-10-6-12(16(20)22-14(10)18)4-8(7)3-11(5-9)15(19)21-13/h7-12H,1-6H2. The van der Waals surface area contributed by atoms with Crippen LogP contribution in [0.1, 0.15) is 38.5 Å². The smallest absolute Gasteiger partial charge is 0.316 e. The first-order valence-electron chi connectivity index (χ1n) is 8.02. The lowest BCUT2D eigenvalue weighted by Crippen LogP contribution is -2.35. The van der Waals surface area contributed by atoms with Gasteiger partial charge >= 0.3 is 23.9 Å². The number of esters is 4. The Bertz CT molecular complexity index is 473. The van der Waals surface area contributed by atoms with Crippen LogP contribution in [0.3, 0.4) is 0 Å². The molecular weight excluding hydrogens is 288 g/mol. The number of carbonyl (C=O) groups excluding carboxylic acids is 4. The lowest BCUT2D eigenvalue weighted by atomic mass is 9.80. The molecule has 0 aromatic carbocycles. The zero-order chi connectivity index (χ0) is 15.4. The average Bonchev–Trinajstić information content (AvgIpc) is 2.70. The van der Waals surface area contributed by atoms with E-state index in [-0.39, 0.29) is 35.5 Å². The molecule has 4 fully saturated rings. The van der Waals surface area contributed by atoms with E-state index in [0.717, 1.165) is 0 Å². The van der Waals surface area contributed by atoms with Crippen molar-refractivity contribution in [1.29, 1.82) is 0 Å². The van der Waals surface area contributed by atoms with Gasteiger partial charge in [0.15, 0.2) is 0 Å². The number of fused-ring (bicyclic) bond motifs is 5. The number of cyclic esters (lactones) is 4. The highest BCUT2D eigenvalue weighted by molar-refractivity contribution is 5.92. The van der Waals surface area contributed by atoms with Crippen LogP contribution in [0.4, 0.5) is 0 Å².